The molecule has 2 aliphatic carbocycles. The monoisotopic (exact) mass is 330 g/mol. The average Bonchev–Trinajstić information content (AvgIpc) is 3.13. The molecule has 1 aliphatic heterocycles. The average molecular weight is 330 g/mol. The molecule has 5 heteroatoms. The summed E-state index contributed by atoms with van der Waals surface area (Å²) in [5, 5.41) is 3.19. The van der Waals surface area contributed by atoms with Gasteiger partial charge in [0, 0.05) is 11.7 Å². The summed E-state index contributed by atoms with van der Waals surface area (Å²) >= 11 is 1.69. The molecule has 3 aliphatic rings. The van der Waals surface area contributed by atoms with Gasteiger partial charge in [-0.25, -0.2) is 0 Å². The third-order valence-corrected chi connectivity index (χ3v) is 6.38. The highest BCUT2D eigenvalue weighted by atomic mass is 32.2. The minimum atomic E-state index is -0.291. The molecule has 1 N–H and O–H groups in total. The molecule has 0 bridgehead atoms. The van der Waals surface area contributed by atoms with Gasteiger partial charge < -0.3 is 10.2 Å². The second kappa shape index (κ2) is 6.19. The third kappa shape index (κ3) is 2.75. The Morgan fingerprint density at radius 3 is 2.78 bits per heavy atom. The predicted octanol–water partition coefficient (Wildman–Crippen LogP) is 2.49. The van der Waals surface area contributed by atoms with Crippen LogP contribution in [0, 0.1) is 5.92 Å². The minimum absolute atomic E-state index is 0.0179. The van der Waals surface area contributed by atoms with E-state index in [1.165, 1.54) is 11.1 Å². The number of benzene rings is 1. The van der Waals surface area contributed by atoms with Crippen LogP contribution in [0.1, 0.15) is 42.9 Å². The van der Waals surface area contributed by atoms with Gasteiger partial charge in [0.2, 0.25) is 11.8 Å². The highest BCUT2D eigenvalue weighted by Gasteiger charge is 2.40. The van der Waals surface area contributed by atoms with Gasteiger partial charge in [0.15, 0.2) is 0 Å². The molecule has 0 unspecified atom stereocenters. The number of amides is 2. The number of carbonyl (C=O) groups excluding carboxylic acids is 2. The van der Waals surface area contributed by atoms with E-state index < -0.39 is 0 Å². The second-order valence-corrected chi connectivity index (χ2v) is 7.75. The van der Waals surface area contributed by atoms with Gasteiger partial charge >= 0.3 is 0 Å². The highest BCUT2D eigenvalue weighted by Crippen LogP contribution is 2.34. The molecule has 4 rings (SSSR count). The Bertz CT molecular complexity index is 629. The van der Waals surface area contributed by atoms with E-state index in [2.05, 4.69) is 23.5 Å². The number of hydrogen-bond acceptors (Lipinski definition) is 3. The summed E-state index contributed by atoms with van der Waals surface area (Å²) in [7, 11) is 0. The van der Waals surface area contributed by atoms with Crippen LogP contribution in [0.3, 0.4) is 0 Å². The molecule has 1 aromatic rings. The smallest absolute Gasteiger partial charge is 0.244 e. The molecule has 2 atom stereocenters. The molecule has 1 saturated heterocycles. The van der Waals surface area contributed by atoms with Gasteiger partial charge in [0.05, 0.1) is 11.9 Å². The van der Waals surface area contributed by atoms with Gasteiger partial charge in [0.1, 0.15) is 6.04 Å². The van der Waals surface area contributed by atoms with Crippen LogP contribution in [0.15, 0.2) is 24.3 Å². The van der Waals surface area contributed by atoms with E-state index in [1.807, 2.05) is 11.0 Å². The Morgan fingerprint density at radius 2 is 2.00 bits per heavy atom. The molecule has 23 heavy (non-hydrogen) atoms. The van der Waals surface area contributed by atoms with Crippen LogP contribution >= 0.6 is 11.8 Å². The van der Waals surface area contributed by atoms with E-state index in [0.29, 0.717) is 5.88 Å². The largest absolute Gasteiger partial charge is 0.347 e. The van der Waals surface area contributed by atoms with Crippen molar-refractivity contribution >= 4 is 23.6 Å². The van der Waals surface area contributed by atoms with Crippen molar-refractivity contribution < 1.29 is 9.59 Å². The maximum atomic E-state index is 12.7. The number of carbonyl (C=O) groups is 2. The fourth-order valence-corrected chi connectivity index (χ4v) is 4.91. The van der Waals surface area contributed by atoms with Crippen molar-refractivity contribution in [3.8, 4) is 0 Å². The van der Waals surface area contributed by atoms with Crippen molar-refractivity contribution in [2.45, 2.75) is 44.2 Å². The lowest BCUT2D eigenvalue weighted by Gasteiger charge is -2.32. The number of fused-ring (bicyclic) bond motifs is 1. The second-order valence-electron chi connectivity index (χ2n) is 6.75. The first-order valence-electron chi connectivity index (χ1n) is 8.50. The SMILES string of the molecule is O=C(N[C@H]1CCc2ccccc21)[C@@H]1CSCN1C(=O)C1CCC1. The number of hydrogen-bond donors (Lipinski definition) is 1. The van der Waals surface area contributed by atoms with Crippen LogP contribution in [-0.2, 0) is 16.0 Å². The van der Waals surface area contributed by atoms with Crippen molar-refractivity contribution in [1.82, 2.24) is 10.2 Å². The lowest BCUT2D eigenvalue weighted by molar-refractivity contribution is -0.143. The number of thioether (sulfide) groups is 1. The van der Waals surface area contributed by atoms with Crippen LogP contribution in [-0.4, -0.2) is 34.4 Å². The van der Waals surface area contributed by atoms with Crippen LogP contribution in [0.2, 0.25) is 0 Å². The molecule has 2 fully saturated rings. The quantitative estimate of drug-likeness (QED) is 0.926. The summed E-state index contributed by atoms with van der Waals surface area (Å²) in [5.41, 5.74) is 2.57. The van der Waals surface area contributed by atoms with Gasteiger partial charge in [-0.2, -0.15) is 0 Å². The zero-order valence-electron chi connectivity index (χ0n) is 13.2. The lowest BCUT2D eigenvalue weighted by atomic mass is 9.84. The van der Waals surface area contributed by atoms with Gasteiger partial charge in [-0.3, -0.25) is 9.59 Å². The summed E-state index contributed by atoms with van der Waals surface area (Å²) in [4.78, 5) is 27.1. The first kappa shape index (κ1) is 15.1. The summed E-state index contributed by atoms with van der Waals surface area (Å²) in [6.45, 7) is 0. The maximum Gasteiger partial charge on any atom is 0.244 e. The predicted molar refractivity (Wildman–Crippen MR) is 90.9 cm³/mol. The zero-order valence-corrected chi connectivity index (χ0v) is 14.0. The van der Waals surface area contributed by atoms with Gasteiger partial charge in [-0.15, -0.1) is 11.8 Å². The minimum Gasteiger partial charge on any atom is -0.347 e. The van der Waals surface area contributed by atoms with E-state index in [4.69, 9.17) is 0 Å². The van der Waals surface area contributed by atoms with Crippen molar-refractivity contribution in [3.05, 3.63) is 35.4 Å². The van der Waals surface area contributed by atoms with Gasteiger partial charge in [-0.1, -0.05) is 30.7 Å². The molecule has 1 heterocycles. The van der Waals surface area contributed by atoms with Crippen LogP contribution in [0.5, 0.6) is 0 Å². The van der Waals surface area contributed by atoms with Crippen molar-refractivity contribution in [3.63, 3.8) is 0 Å². The fourth-order valence-electron chi connectivity index (χ4n) is 3.74. The van der Waals surface area contributed by atoms with Crippen molar-refractivity contribution in [1.29, 1.82) is 0 Å². The van der Waals surface area contributed by atoms with Crippen LogP contribution in [0.4, 0.5) is 0 Å². The normalized spacial score (nSPS) is 26.7. The van der Waals surface area contributed by atoms with Gasteiger partial charge in [-0.05, 0) is 36.8 Å². The molecule has 0 radical (unpaired) electrons. The first-order chi connectivity index (χ1) is 11.2. The fraction of sp³-hybridized carbons (Fsp3) is 0.556. The molecule has 1 saturated carbocycles. The number of rotatable bonds is 3. The molecule has 4 nitrogen and oxygen atoms in total. The van der Waals surface area contributed by atoms with E-state index in [1.54, 1.807) is 11.8 Å². The summed E-state index contributed by atoms with van der Waals surface area (Å²) < 4.78 is 0. The van der Waals surface area contributed by atoms with E-state index in [-0.39, 0.29) is 29.8 Å². The summed E-state index contributed by atoms with van der Waals surface area (Å²) in [6.07, 6.45) is 5.11. The lowest BCUT2D eigenvalue weighted by Crippen LogP contribution is -2.50. The summed E-state index contributed by atoms with van der Waals surface area (Å²) in [5.74, 6) is 1.75. The third-order valence-electron chi connectivity index (χ3n) is 5.37. The number of nitrogens with zero attached hydrogens (tertiary/aromatic N) is 1. The van der Waals surface area contributed by atoms with E-state index in [0.717, 1.165) is 37.9 Å². The topological polar surface area (TPSA) is 49.4 Å². The molecule has 1 aromatic carbocycles. The van der Waals surface area contributed by atoms with Gasteiger partial charge in [0.25, 0.3) is 0 Å². The van der Waals surface area contributed by atoms with Crippen LogP contribution < -0.4 is 5.32 Å². The van der Waals surface area contributed by atoms with Crippen molar-refractivity contribution in [2.75, 3.05) is 11.6 Å². The molecular weight excluding hydrogens is 308 g/mol. The maximum absolute atomic E-state index is 12.7. The number of aryl methyl sites for hydroxylation is 1. The molecule has 0 aromatic heterocycles. The Hall–Kier alpha value is -1.49. The Morgan fingerprint density at radius 1 is 1.17 bits per heavy atom. The number of nitrogens with one attached hydrogen (secondary N) is 1. The molecule has 2 amide bonds. The molecular formula is C18H22N2O2S. The van der Waals surface area contributed by atoms with E-state index >= 15 is 0 Å². The Kier molecular flexibility index (Phi) is 4.05. The highest BCUT2D eigenvalue weighted by molar-refractivity contribution is 7.99. The summed E-state index contributed by atoms with van der Waals surface area (Å²) in [6, 6.07) is 8.13. The molecule has 122 valence electrons. The van der Waals surface area contributed by atoms with E-state index in [9.17, 15) is 9.59 Å². The van der Waals surface area contributed by atoms with Crippen LogP contribution in [0.25, 0.3) is 0 Å². The Balaban J connectivity index is 1.43. The standard InChI is InChI=1S/C18H22N2O2S/c21-17(19-15-9-8-12-4-1-2-7-14(12)15)16-10-23-11-20(16)18(22)13-5-3-6-13/h1-2,4,7,13,15-16H,3,5-6,8-11H2,(H,19,21)/t15-,16-/m0/s1. The zero-order chi connectivity index (χ0) is 15.8. The first-order valence-corrected chi connectivity index (χ1v) is 9.66. The Labute approximate surface area is 141 Å². The molecule has 0 spiro atoms. The van der Waals surface area contributed by atoms with Crippen molar-refractivity contribution in [2.24, 2.45) is 5.92 Å².